The molecule has 0 aliphatic heterocycles. The number of hydrogen-bond acceptors (Lipinski definition) is 4. The van der Waals surface area contributed by atoms with E-state index in [4.69, 9.17) is 5.73 Å². The lowest BCUT2D eigenvalue weighted by atomic mass is 9.92. The molecule has 0 radical (unpaired) electrons. The quantitative estimate of drug-likeness (QED) is 0.839. The molecule has 0 amide bonds. The zero-order valence-electron chi connectivity index (χ0n) is 11.5. The standard InChI is InChI=1S/C14H19N5/c1-4-10-5-11(9(3)8(10)2)19-7-18-12-13(15)16-6-17-14(12)19/h5-9,11H,4H2,1-3H3,(H2,15,16,17). The van der Waals surface area contributed by atoms with Crippen LogP contribution in [-0.4, -0.2) is 19.5 Å². The molecule has 2 N–H and O–H groups in total. The first kappa shape index (κ1) is 12.1. The third kappa shape index (κ3) is 1.72. The van der Waals surface area contributed by atoms with Crippen molar-refractivity contribution in [1.29, 1.82) is 0 Å². The Hall–Kier alpha value is -1.91. The molecule has 2 heterocycles. The molecule has 1 aliphatic rings. The minimum atomic E-state index is 0.309. The van der Waals surface area contributed by atoms with Crippen LogP contribution in [0.25, 0.3) is 11.2 Å². The van der Waals surface area contributed by atoms with Crippen LogP contribution >= 0.6 is 0 Å². The summed E-state index contributed by atoms with van der Waals surface area (Å²) in [6, 6.07) is 0.309. The Balaban J connectivity index is 2.11. The predicted molar refractivity (Wildman–Crippen MR) is 75.5 cm³/mol. The Morgan fingerprint density at radius 3 is 2.74 bits per heavy atom. The summed E-state index contributed by atoms with van der Waals surface area (Å²) in [5.41, 5.74) is 8.88. The van der Waals surface area contributed by atoms with E-state index in [1.165, 1.54) is 11.9 Å². The van der Waals surface area contributed by atoms with Crippen LogP contribution < -0.4 is 5.73 Å². The van der Waals surface area contributed by atoms with Crippen LogP contribution in [0.4, 0.5) is 5.82 Å². The largest absolute Gasteiger partial charge is 0.382 e. The second-order valence-electron chi connectivity index (χ2n) is 5.32. The second kappa shape index (κ2) is 4.33. The van der Waals surface area contributed by atoms with Crippen LogP contribution in [0.1, 0.15) is 33.2 Å². The van der Waals surface area contributed by atoms with Crippen LogP contribution in [0.2, 0.25) is 0 Å². The Kier molecular flexibility index (Phi) is 2.77. The molecule has 5 heteroatoms. The first-order chi connectivity index (χ1) is 9.13. The maximum atomic E-state index is 5.84. The van der Waals surface area contributed by atoms with Gasteiger partial charge in [-0.15, -0.1) is 0 Å². The molecular formula is C14H19N5. The SMILES string of the molecule is CCC1=CC(n2cnc3c(N)ncnc32)C(C)C1C. The smallest absolute Gasteiger partial charge is 0.165 e. The van der Waals surface area contributed by atoms with Crippen molar-refractivity contribution < 1.29 is 0 Å². The first-order valence-corrected chi connectivity index (χ1v) is 6.77. The highest BCUT2D eigenvalue weighted by molar-refractivity contribution is 5.81. The van der Waals surface area contributed by atoms with Crippen LogP contribution in [0.5, 0.6) is 0 Å². The Bertz CT molecular complexity index is 642. The molecule has 2 aromatic rings. The Morgan fingerprint density at radius 2 is 2.05 bits per heavy atom. The monoisotopic (exact) mass is 257 g/mol. The van der Waals surface area contributed by atoms with Crippen molar-refractivity contribution in [3.05, 3.63) is 24.3 Å². The molecule has 0 aromatic carbocycles. The lowest BCUT2D eigenvalue weighted by Crippen LogP contribution is -2.15. The van der Waals surface area contributed by atoms with Crippen LogP contribution in [-0.2, 0) is 0 Å². The van der Waals surface area contributed by atoms with E-state index in [1.54, 1.807) is 0 Å². The minimum Gasteiger partial charge on any atom is -0.382 e. The third-order valence-corrected chi connectivity index (χ3v) is 4.41. The number of nitrogens with zero attached hydrogens (tertiary/aromatic N) is 4. The lowest BCUT2D eigenvalue weighted by molar-refractivity contribution is 0.372. The van der Waals surface area contributed by atoms with Crippen molar-refractivity contribution in [3.63, 3.8) is 0 Å². The van der Waals surface area contributed by atoms with Crippen molar-refractivity contribution >= 4 is 17.0 Å². The number of anilines is 1. The van der Waals surface area contributed by atoms with Gasteiger partial charge >= 0.3 is 0 Å². The van der Waals surface area contributed by atoms with E-state index >= 15 is 0 Å². The molecular weight excluding hydrogens is 238 g/mol. The topological polar surface area (TPSA) is 69.6 Å². The molecule has 3 atom stereocenters. The number of imidazole rings is 1. The fourth-order valence-corrected chi connectivity index (χ4v) is 3.02. The zero-order chi connectivity index (χ0) is 13.6. The number of nitrogen functional groups attached to an aromatic ring is 1. The van der Waals surface area contributed by atoms with Crippen LogP contribution in [0, 0.1) is 11.8 Å². The van der Waals surface area contributed by atoms with Crippen LogP contribution in [0.15, 0.2) is 24.3 Å². The third-order valence-electron chi connectivity index (χ3n) is 4.41. The maximum absolute atomic E-state index is 5.84. The van der Waals surface area contributed by atoms with Gasteiger partial charge in [-0.25, -0.2) is 15.0 Å². The molecule has 3 rings (SSSR count). The van der Waals surface area contributed by atoms with Gasteiger partial charge in [-0.2, -0.15) is 0 Å². The van der Waals surface area contributed by atoms with E-state index in [1.807, 2.05) is 6.33 Å². The number of aromatic nitrogens is 4. The van der Waals surface area contributed by atoms with Gasteiger partial charge in [-0.05, 0) is 18.3 Å². The van der Waals surface area contributed by atoms with Gasteiger partial charge in [0.1, 0.15) is 11.8 Å². The van der Waals surface area contributed by atoms with Gasteiger partial charge in [0.2, 0.25) is 0 Å². The number of nitrogens with two attached hydrogens (primary N) is 1. The van der Waals surface area contributed by atoms with E-state index in [0.717, 1.165) is 12.1 Å². The summed E-state index contributed by atoms with van der Waals surface area (Å²) >= 11 is 0. The molecule has 0 bridgehead atoms. The van der Waals surface area contributed by atoms with Crippen molar-refractivity contribution in [2.24, 2.45) is 11.8 Å². The number of hydrogen-bond donors (Lipinski definition) is 1. The molecule has 5 nitrogen and oxygen atoms in total. The van der Waals surface area contributed by atoms with E-state index in [9.17, 15) is 0 Å². The summed E-state index contributed by atoms with van der Waals surface area (Å²) in [7, 11) is 0. The van der Waals surface area contributed by atoms with E-state index in [0.29, 0.717) is 29.2 Å². The van der Waals surface area contributed by atoms with E-state index < -0.39 is 0 Å². The van der Waals surface area contributed by atoms with Gasteiger partial charge in [-0.1, -0.05) is 32.4 Å². The predicted octanol–water partition coefficient (Wildman–Crippen LogP) is 2.57. The number of rotatable bonds is 2. The number of allylic oxidation sites excluding steroid dienone is 2. The fraction of sp³-hybridized carbons (Fsp3) is 0.500. The molecule has 1 aliphatic carbocycles. The molecule has 100 valence electrons. The average Bonchev–Trinajstić information content (AvgIpc) is 2.94. The van der Waals surface area contributed by atoms with Crippen LogP contribution in [0.3, 0.4) is 0 Å². The number of fused-ring (bicyclic) bond motifs is 1. The molecule has 0 spiro atoms. The lowest BCUT2D eigenvalue weighted by Gasteiger charge is -2.20. The van der Waals surface area contributed by atoms with Gasteiger partial charge in [0.25, 0.3) is 0 Å². The summed E-state index contributed by atoms with van der Waals surface area (Å²) in [5.74, 6) is 1.59. The van der Waals surface area contributed by atoms with Crippen molar-refractivity contribution in [2.75, 3.05) is 5.73 Å². The highest BCUT2D eigenvalue weighted by atomic mass is 15.1. The first-order valence-electron chi connectivity index (χ1n) is 6.77. The van der Waals surface area contributed by atoms with Crippen molar-refractivity contribution in [2.45, 2.75) is 33.2 Å². The molecule has 0 saturated carbocycles. The maximum Gasteiger partial charge on any atom is 0.165 e. The molecule has 0 saturated heterocycles. The van der Waals surface area contributed by atoms with Gasteiger partial charge in [0.15, 0.2) is 11.5 Å². The molecule has 3 unspecified atom stereocenters. The summed E-state index contributed by atoms with van der Waals surface area (Å²) < 4.78 is 2.12. The van der Waals surface area contributed by atoms with Gasteiger partial charge in [-0.3, -0.25) is 0 Å². The van der Waals surface area contributed by atoms with Crippen molar-refractivity contribution in [1.82, 2.24) is 19.5 Å². The fourth-order valence-electron chi connectivity index (χ4n) is 3.02. The van der Waals surface area contributed by atoms with Gasteiger partial charge in [0, 0.05) is 0 Å². The molecule has 2 aromatic heterocycles. The van der Waals surface area contributed by atoms with Gasteiger partial charge < -0.3 is 10.3 Å². The summed E-state index contributed by atoms with van der Waals surface area (Å²) in [6.07, 6.45) is 6.79. The van der Waals surface area contributed by atoms with Crippen molar-refractivity contribution in [3.8, 4) is 0 Å². The second-order valence-corrected chi connectivity index (χ2v) is 5.32. The minimum absolute atomic E-state index is 0.309. The summed E-state index contributed by atoms with van der Waals surface area (Å²) in [4.78, 5) is 12.7. The van der Waals surface area contributed by atoms with E-state index in [2.05, 4.69) is 46.4 Å². The highest BCUT2D eigenvalue weighted by Crippen LogP contribution is 2.41. The van der Waals surface area contributed by atoms with Gasteiger partial charge in [0.05, 0.1) is 12.4 Å². The summed E-state index contributed by atoms with van der Waals surface area (Å²) in [5, 5.41) is 0. The van der Waals surface area contributed by atoms with E-state index in [-0.39, 0.29) is 0 Å². The normalized spacial score (nSPS) is 26.9. The Morgan fingerprint density at radius 1 is 1.26 bits per heavy atom. The molecule has 19 heavy (non-hydrogen) atoms. The average molecular weight is 257 g/mol. The summed E-state index contributed by atoms with van der Waals surface area (Å²) in [6.45, 7) is 6.79. The highest BCUT2D eigenvalue weighted by Gasteiger charge is 2.32. The Labute approximate surface area is 112 Å². The zero-order valence-corrected chi connectivity index (χ0v) is 11.5. The molecule has 0 fully saturated rings.